The Bertz CT molecular complexity index is 325. The van der Waals surface area contributed by atoms with Crippen LogP contribution in [0.25, 0.3) is 0 Å². The molecule has 2 aliphatic rings. The molecule has 1 aromatic rings. The largest absolute Gasteiger partial charge is 0.364 e. The minimum absolute atomic E-state index is 0.428. The van der Waals surface area contributed by atoms with Crippen LogP contribution in [-0.4, -0.2) is 29.2 Å². The van der Waals surface area contributed by atoms with Gasteiger partial charge >= 0.3 is 0 Å². The monoisotopic (exact) mass is 207 g/mol. The normalized spacial score (nSPS) is 35.9. The highest BCUT2D eigenvalue weighted by atomic mass is 16.5. The lowest BCUT2D eigenvalue weighted by molar-refractivity contribution is 0.286. The van der Waals surface area contributed by atoms with E-state index in [4.69, 9.17) is 10.3 Å². The number of hydrogen-bond acceptors (Lipinski definition) is 4. The molecule has 1 saturated carbocycles. The Labute approximate surface area is 89.4 Å². The number of nitrogens with two attached hydrogens (primary N) is 1. The molecule has 2 fully saturated rings. The molecule has 3 unspecified atom stereocenters. The Hall–Kier alpha value is -0.870. The summed E-state index contributed by atoms with van der Waals surface area (Å²) in [5.41, 5.74) is 7.13. The summed E-state index contributed by atoms with van der Waals surface area (Å²) in [6.07, 6.45) is 4.16. The van der Waals surface area contributed by atoms with Gasteiger partial charge in [-0.1, -0.05) is 5.16 Å². The molecule has 15 heavy (non-hydrogen) atoms. The average Bonchev–Trinajstić information content (AvgIpc) is 2.88. The topological polar surface area (TPSA) is 55.3 Å². The second-order valence-electron chi connectivity index (χ2n) is 4.85. The molecule has 3 rings (SSSR count). The Morgan fingerprint density at radius 3 is 3.13 bits per heavy atom. The summed E-state index contributed by atoms with van der Waals surface area (Å²) < 4.78 is 4.84. The van der Waals surface area contributed by atoms with Gasteiger partial charge in [0, 0.05) is 31.7 Å². The molecular formula is C11H17N3O. The summed E-state index contributed by atoms with van der Waals surface area (Å²) in [6.45, 7) is 3.24. The number of rotatable bonds is 2. The molecule has 2 N–H and O–H groups in total. The fourth-order valence-electron chi connectivity index (χ4n) is 3.08. The lowest BCUT2D eigenvalue weighted by Crippen LogP contribution is -2.30. The van der Waals surface area contributed by atoms with Crippen LogP contribution in [0.2, 0.25) is 0 Å². The van der Waals surface area contributed by atoms with Crippen molar-refractivity contribution in [1.29, 1.82) is 0 Å². The van der Waals surface area contributed by atoms with Crippen LogP contribution in [-0.2, 0) is 6.54 Å². The standard InChI is InChI=1S/C11H17N3O/c12-11-2-1-8-5-14(7-10(8)11)6-9-3-4-15-13-9/h3-4,8,10-11H,1-2,5-7,12H2. The SMILES string of the molecule is NC1CCC2CN(Cc3ccon3)CC12. The van der Waals surface area contributed by atoms with Gasteiger partial charge in [0.25, 0.3) is 0 Å². The molecule has 0 spiro atoms. The summed E-state index contributed by atoms with van der Waals surface area (Å²) in [7, 11) is 0. The molecule has 4 heteroatoms. The molecule has 0 aromatic carbocycles. The van der Waals surface area contributed by atoms with E-state index in [0.717, 1.165) is 30.6 Å². The molecule has 82 valence electrons. The first-order valence-electron chi connectivity index (χ1n) is 5.70. The van der Waals surface area contributed by atoms with E-state index in [1.54, 1.807) is 6.26 Å². The van der Waals surface area contributed by atoms with Gasteiger partial charge in [0.1, 0.15) is 6.26 Å². The smallest absolute Gasteiger partial charge is 0.124 e. The van der Waals surface area contributed by atoms with Gasteiger partial charge in [-0.2, -0.15) is 0 Å². The van der Waals surface area contributed by atoms with Crippen molar-refractivity contribution in [3.05, 3.63) is 18.0 Å². The fraction of sp³-hybridized carbons (Fsp3) is 0.727. The molecule has 1 aliphatic heterocycles. The molecular weight excluding hydrogens is 190 g/mol. The van der Waals surface area contributed by atoms with Crippen molar-refractivity contribution in [2.75, 3.05) is 13.1 Å². The van der Waals surface area contributed by atoms with E-state index in [9.17, 15) is 0 Å². The van der Waals surface area contributed by atoms with Crippen molar-refractivity contribution < 1.29 is 4.52 Å². The first-order chi connectivity index (χ1) is 7.33. The van der Waals surface area contributed by atoms with Crippen LogP contribution in [0.1, 0.15) is 18.5 Å². The zero-order valence-corrected chi connectivity index (χ0v) is 8.80. The van der Waals surface area contributed by atoms with Crippen molar-refractivity contribution >= 4 is 0 Å². The molecule has 1 aromatic heterocycles. The van der Waals surface area contributed by atoms with Crippen molar-refractivity contribution in [2.45, 2.75) is 25.4 Å². The predicted molar refractivity (Wildman–Crippen MR) is 56.0 cm³/mol. The number of hydrogen-bond donors (Lipinski definition) is 1. The van der Waals surface area contributed by atoms with Gasteiger partial charge in [0.15, 0.2) is 0 Å². The van der Waals surface area contributed by atoms with E-state index in [1.165, 1.54) is 19.4 Å². The second kappa shape index (κ2) is 3.61. The lowest BCUT2D eigenvalue weighted by Gasteiger charge is -2.16. The van der Waals surface area contributed by atoms with Crippen LogP contribution in [0.5, 0.6) is 0 Å². The Morgan fingerprint density at radius 2 is 2.40 bits per heavy atom. The number of nitrogens with zero attached hydrogens (tertiary/aromatic N) is 2. The molecule has 0 bridgehead atoms. The third kappa shape index (κ3) is 1.68. The minimum atomic E-state index is 0.428. The quantitative estimate of drug-likeness (QED) is 0.781. The van der Waals surface area contributed by atoms with Crippen LogP contribution in [0.4, 0.5) is 0 Å². The molecule has 4 nitrogen and oxygen atoms in total. The molecule has 0 amide bonds. The van der Waals surface area contributed by atoms with Crippen LogP contribution in [0.3, 0.4) is 0 Å². The summed E-state index contributed by atoms with van der Waals surface area (Å²) in [5.74, 6) is 1.55. The third-order valence-electron chi connectivity index (χ3n) is 3.86. The van der Waals surface area contributed by atoms with Gasteiger partial charge in [-0.25, -0.2) is 0 Å². The average molecular weight is 207 g/mol. The third-order valence-corrected chi connectivity index (χ3v) is 3.86. The highest BCUT2D eigenvalue weighted by Gasteiger charge is 2.40. The number of fused-ring (bicyclic) bond motifs is 1. The maximum absolute atomic E-state index is 6.09. The predicted octanol–water partition coefficient (Wildman–Crippen LogP) is 0.844. The highest BCUT2D eigenvalue weighted by molar-refractivity contribution is 5.00. The summed E-state index contributed by atoms with van der Waals surface area (Å²) in [5, 5.41) is 3.94. The Balaban J connectivity index is 1.62. The van der Waals surface area contributed by atoms with Crippen molar-refractivity contribution in [3.8, 4) is 0 Å². The van der Waals surface area contributed by atoms with E-state index < -0.39 is 0 Å². The van der Waals surface area contributed by atoms with Crippen LogP contribution >= 0.6 is 0 Å². The van der Waals surface area contributed by atoms with Gasteiger partial charge in [-0.3, -0.25) is 4.90 Å². The Kier molecular flexibility index (Phi) is 2.25. The summed E-state index contributed by atoms with van der Waals surface area (Å²) in [4.78, 5) is 2.45. The van der Waals surface area contributed by atoms with E-state index >= 15 is 0 Å². The molecule has 1 saturated heterocycles. The zero-order valence-electron chi connectivity index (χ0n) is 8.80. The summed E-state index contributed by atoms with van der Waals surface area (Å²) >= 11 is 0. The van der Waals surface area contributed by atoms with Gasteiger partial charge in [0.05, 0.1) is 5.69 Å². The Morgan fingerprint density at radius 1 is 1.47 bits per heavy atom. The molecule has 3 atom stereocenters. The van der Waals surface area contributed by atoms with E-state index in [2.05, 4.69) is 10.1 Å². The first kappa shape index (κ1) is 9.36. The maximum atomic E-state index is 6.09. The van der Waals surface area contributed by atoms with E-state index in [-0.39, 0.29) is 0 Å². The van der Waals surface area contributed by atoms with Gasteiger partial charge < -0.3 is 10.3 Å². The van der Waals surface area contributed by atoms with Crippen molar-refractivity contribution in [3.63, 3.8) is 0 Å². The molecule has 2 heterocycles. The second-order valence-corrected chi connectivity index (χ2v) is 4.85. The van der Waals surface area contributed by atoms with Crippen LogP contribution in [0, 0.1) is 11.8 Å². The molecule has 0 radical (unpaired) electrons. The lowest BCUT2D eigenvalue weighted by atomic mass is 9.98. The van der Waals surface area contributed by atoms with E-state index in [1.807, 2.05) is 6.07 Å². The van der Waals surface area contributed by atoms with Crippen LogP contribution in [0.15, 0.2) is 16.9 Å². The van der Waals surface area contributed by atoms with Gasteiger partial charge in [-0.15, -0.1) is 0 Å². The zero-order chi connectivity index (χ0) is 10.3. The maximum Gasteiger partial charge on any atom is 0.124 e. The van der Waals surface area contributed by atoms with Crippen molar-refractivity contribution in [1.82, 2.24) is 10.1 Å². The summed E-state index contributed by atoms with van der Waals surface area (Å²) in [6, 6.07) is 2.37. The van der Waals surface area contributed by atoms with E-state index in [0.29, 0.717) is 6.04 Å². The highest BCUT2D eigenvalue weighted by Crippen LogP contribution is 2.37. The molecule has 1 aliphatic carbocycles. The minimum Gasteiger partial charge on any atom is -0.364 e. The van der Waals surface area contributed by atoms with Crippen LogP contribution < -0.4 is 5.73 Å². The number of aromatic nitrogens is 1. The first-order valence-corrected chi connectivity index (χ1v) is 5.70. The van der Waals surface area contributed by atoms with Gasteiger partial charge in [0.2, 0.25) is 0 Å². The number of likely N-dealkylation sites (tertiary alicyclic amines) is 1. The van der Waals surface area contributed by atoms with Crippen molar-refractivity contribution in [2.24, 2.45) is 17.6 Å². The van der Waals surface area contributed by atoms with Gasteiger partial charge in [-0.05, 0) is 24.7 Å². The fourth-order valence-corrected chi connectivity index (χ4v) is 3.08.